The van der Waals surface area contributed by atoms with Gasteiger partial charge in [-0.2, -0.15) is 0 Å². The zero-order chi connectivity index (χ0) is 12.4. The second-order valence-corrected chi connectivity index (χ2v) is 3.99. The van der Waals surface area contributed by atoms with Crippen molar-refractivity contribution in [1.82, 2.24) is 0 Å². The van der Waals surface area contributed by atoms with Gasteiger partial charge >= 0.3 is 5.97 Å². The molecule has 1 aliphatic rings. The van der Waals surface area contributed by atoms with Crippen LogP contribution in [0.25, 0.3) is 0 Å². The molecule has 0 aromatic heterocycles. The lowest BCUT2D eigenvalue weighted by Gasteiger charge is -2.22. The Balaban J connectivity index is 2.37. The van der Waals surface area contributed by atoms with Gasteiger partial charge in [-0.05, 0) is 11.6 Å². The van der Waals surface area contributed by atoms with Gasteiger partial charge in [0.2, 0.25) is 5.91 Å². The zero-order valence-electron chi connectivity index (χ0n) is 9.30. The summed E-state index contributed by atoms with van der Waals surface area (Å²) in [7, 11) is 0. The molecule has 2 rings (SSSR count). The van der Waals surface area contributed by atoms with Gasteiger partial charge in [-0.3, -0.25) is 9.69 Å². The Morgan fingerprint density at radius 3 is 2.76 bits per heavy atom. The minimum atomic E-state index is -0.980. The summed E-state index contributed by atoms with van der Waals surface area (Å²) in [5, 5.41) is 9.15. The average Bonchev–Trinajstić information content (AvgIpc) is 2.68. The van der Waals surface area contributed by atoms with E-state index in [1.165, 1.54) is 4.90 Å². The molecule has 1 unspecified atom stereocenters. The van der Waals surface area contributed by atoms with Crippen LogP contribution in [0.15, 0.2) is 24.3 Å². The fraction of sp³-hybridized carbons (Fsp3) is 0.333. The van der Waals surface area contributed by atoms with Gasteiger partial charge in [-0.1, -0.05) is 18.2 Å². The van der Waals surface area contributed by atoms with Crippen molar-refractivity contribution in [3.8, 4) is 0 Å². The number of fused-ring (bicyclic) bond motifs is 1. The van der Waals surface area contributed by atoms with Crippen molar-refractivity contribution >= 4 is 17.6 Å². The smallest absolute Gasteiger partial charge is 0.327 e. The van der Waals surface area contributed by atoms with Crippen molar-refractivity contribution in [2.24, 2.45) is 5.73 Å². The van der Waals surface area contributed by atoms with Gasteiger partial charge in [0.1, 0.15) is 6.04 Å². The van der Waals surface area contributed by atoms with Gasteiger partial charge in [0.05, 0.1) is 0 Å². The Bertz CT molecular complexity index is 459. The van der Waals surface area contributed by atoms with E-state index in [1.54, 1.807) is 12.1 Å². The van der Waals surface area contributed by atoms with E-state index < -0.39 is 12.0 Å². The average molecular weight is 234 g/mol. The van der Waals surface area contributed by atoms with Gasteiger partial charge in [0.15, 0.2) is 0 Å². The molecule has 90 valence electrons. The molecule has 0 fully saturated rings. The molecule has 5 nitrogen and oxygen atoms in total. The number of anilines is 1. The van der Waals surface area contributed by atoms with E-state index in [-0.39, 0.29) is 18.9 Å². The third-order valence-corrected chi connectivity index (χ3v) is 2.89. The van der Waals surface area contributed by atoms with Crippen LogP contribution in [0.2, 0.25) is 0 Å². The molecule has 17 heavy (non-hydrogen) atoms. The Kier molecular flexibility index (Phi) is 3.10. The molecule has 1 heterocycles. The number of amides is 1. The molecular formula is C12H14N2O3. The molecule has 0 saturated heterocycles. The Hall–Kier alpha value is -1.88. The van der Waals surface area contributed by atoms with Crippen molar-refractivity contribution < 1.29 is 14.7 Å². The molecule has 1 amide bonds. The number of para-hydroxylation sites is 1. The SMILES string of the molecule is NCCC(=O)N1c2ccccc2CC1C(=O)O. The van der Waals surface area contributed by atoms with E-state index in [4.69, 9.17) is 10.8 Å². The van der Waals surface area contributed by atoms with Crippen molar-refractivity contribution in [3.63, 3.8) is 0 Å². The van der Waals surface area contributed by atoms with Gasteiger partial charge in [0.25, 0.3) is 0 Å². The molecule has 5 heteroatoms. The number of hydrogen-bond donors (Lipinski definition) is 2. The Morgan fingerprint density at radius 2 is 2.12 bits per heavy atom. The first kappa shape index (κ1) is 11.6. The highest BCUT2D eigenvalue weighted by Gasteiger charge is 2.37. The lowest BCUT2D eigenvalue weighted by atomic mass is 10.1. The number of hydrogen-bond acceptors (Lipinski definition) is 3. The molecule has 0 spiro atoms. The fourth-order valence-corrected chi connectivity index (χ4v) is 2.14. The summed E-state index contributed by atoms with van der Waals surface area (Å²) in [4.78, 5) is 24.4. The second-order valence-electron chi connectivity index (χ2n) is 3.99. The third-order valence-electron chi connectivity index (χ3n) is 2.89. The molecule has 0 bridgehead atoms. The van der Waals surface area contributed by atoms with Gasteiger partial charge in [-0.15, -0.1) is 0 Å². The van der Waals surface area contributed by atoms with Crippen LogP contribution in [-0.4, -0.2) is 29.6 Å². The molecule has 1 atom stereocenters. The monoisotopic (exact) mass is 234 g/mol. The molecule has 1 aliphatic heterocycles. The number of aliphatic carboxylic acids is 1. The number of carbonyl (C=O) groups is 2. The molecular weight excluding hydrogens is 220 g/mol. The van der Waals surface area contributed by atoms with Crippen LogP contribution in [0.1, 0.15) is 12.0 Å². The summed E-state index contributed by atoms with van der Waals surface area (Å²) in [5.74, 6) is -1.21. The highest BCUT2D eigenvalue weighted by molar-refractivity contribution is 6.01. The predicted octanol–water partition coefficient (Wildman–Crippen LogP) is 0.378. The topological polar surface area (TPSA) is 83.6 Å². The molecule has 0 saturated carbocycles. The van der Waals surface area contributed by atoms with E-state index >= 15 is 0 Å². The Labute approximate surface area is 98.8 Å². The number of carboxylic acids is 1. The normalized spacial score (nSPS) is 17.9. The van der Waals surface area contributed by atoms with Gasteiger partial charge in [0, 0.05) is 25.1 Å². The summed E-state index contributed by atoms with van der Waals surface area (Å²) in [6.07, 6.45) is 0.528. The quantitative estimate of drug-likeness (QED) is 0.791. The second kappa shape index (κ2) is 4.55. The fourth-order valence-electron chi connectivity index (χ4n) is 2.14. The first-order valence-electron chi connectivity index (χ1n) is 5.48. The van der Waals surface area contributed by atoms with Crippen LogP contribution in [0, 0.1) is 0 Å². The van der Waals surface area contributed by atoms with Crippen molar-refractivity contribution in [3.05, 3.63) is 29.8 Å². The maximum absolute atomic E-state index is 11.9. The van der Waals surface area contributed by atoms with Crippen LogP contribution < -0.4 is 10.6 Å². The summed E-state index contributed by atoms with van der Waals surface area (Å²) < 4.78 is 0. The van der Waals surface area contributed by atoms with Crippen molar-refractivity contribution in [2.75, 3.05) is 11.4 Å². The number of nitrogens with zero attached hydrogens (tertiary/aromatic N) is 1. The number of carbonyl (C=O) groups excluding carboxylic acids is 1. The molecule has 3 N–H and O–H groups in total. The standard InChI is InChI=1S/C12H14N2O3/c13-6-5-11(15)14-9-4-2-1-3-8(9)7-10(14)12(16)17/h1-4,10H,5-7,13H2,(H,16,17). The molecule has 1 aromatic rings. The number of rotatable bonds is 3. The minimum absolute atomic E-state index is 0.165. The van der Waals surface area contributed by atoms with E-state index in [0.717, 1.165) is 5.56 Å². The van der Waals surface area contributed by atoms with E-state index in [9.17, 15) is 9.59 Å². The maximum Gasteiger partial charge on any atom is 0.327 e. The summed E-state index contributed by atoms with van der Waals surface area (Å²) in [6.45, 7) is 0.226. The van der Waals surface area contributed by atoms with Gasteiger partial charge in [-0.25, -0.2) is 4.79 Å². The van der Waals surface area contributed by atoms with Crippen molar-refractivity contribution in [1.29, 1.82) is 0 Å². The minimum Gasteiger partial charge on any atom is -0.480 e. The Morgan fingerprint density at radius 1 is 1.41 bits per heavy atom. The van der Waals surface area contributed by atoms with Crippen LogP contribution >= 0.6 is 0 Å². The van der Waals surface area contributed by atoms with Crippen LogP contribution in [0.5, 0.6) is 0 Å². The summed E-state index contributed by atoms with van der Waals surface area (Å²) in [5.41, 5.74) is 6.93. The molecule has 1 aromatic carbocycles. The number of nitrogens with two attached hydrogens (primary N) is 1. The lowest BCUT2D eigenvalue weighted by molar-refractivity contribution is -0.139. The highest BCUT2D eigenvalue weighted by atomic mass is 16.4. The predicted molar refractivity (Wildman–Crippen MR) is 62.7 cm³/mol. The zero-order valence-corrected chi connectivity index (χ0v) is 9.30. The number of benzene rings is 1. The van der Waals surface area contributed by atoms with Crippen LogP contribution in [0.3, 0.4) is 0 Å². The van der Waals surface area contributed by atoms with Crippen molar-refractivity contribution in [2.45, 2.75) is 18.9 Å². The number of carboxylic acid groups (broad SMARTS) is 1. The maximum atomic E-state index is 11.9. The van der Waals surface area contributed by atoms with Crippen LogP contribution in [0.4, 0.5) is 5.69 Å². The van der Waals surface area contributed by atoms with Crippen LogP contribution in [-0.2, 0) is 16.0 Å². The first-order valence-corrected chi connectivity index (χ1v) is 5.48. The summed E-state index contributed by atoms with van der Waals surface area (Å²) in [6, 6.07) is 6.46. The van der Waals surface area contributed by atoms with E-state index in [2.05, 4.69) is 0 Å². The van der Waals surface area contributed by atoms with E-state index in [1.807, 2.05) is 12.1 Å². The first-order chi connectivity index (χ1) is 8.15. The van der Waals surface area contributed by atoms with Gasteiger partial charge < -0.3 is 10.8 Å². The molecule has 0 aliphatic carbocycles. The third kappa shape index (κ3) is 2.01. The van der Waals surface area contributed by atoms with E-state index in [0.29, 0.717) is 12.1 Å². The largest absolute Gasteiger partial charge is 0.480 e. The molecule has 0 radical (unpaired) electrons. The lowest BCUT2D eigenvalue weighted by Crippen LogP contribution is -2.43. The summed E-state index contributed by atoms with van der Waals surface area (Å²) >= 11 is 0. The highest BCUT2D eigenvalue weighted by Crippen LogP contribution is 2.32.